The van der Waals surface area contributed by atoms with Gasteiger partial charge in [-0.1, -0.05) is 24.6 Å². The molecular weight excluding hydrogens is 267 g/mol. The molecule has 0 amide bonds. The van der Waals surface area contributed by atoms with Crippen LogP contribution in [0.2, 0.25) is 0 Å². The van der Waals surface area contributed by atoms with Crippen LogP contribution in [-0.2, 0) is 6.54 Å². The van der Waals surface area contributed by atoms with Gasteiger partial charge >= 0.3 is 6.18 Å². The topological polar surface area (TPSA) is 21.3 Å². The first-order chi connectivity index (χ1) is 9.42. The van der Waals surface area contributed by atoms with E-state index in [1.54, 1.807) is 0 Å². The molecule has 0 unspecified atom stereocenters. The molecule has 0 saturated heterocycles. The number of ether oxygens (including phenoxy) is 1. The van der Waals surface area contributed by atoms with Gasteiger partial charge in [0.25, 0.3) is 0 Å². The second-order valence-electron chi connectivity index (χ2n) is 4.86. The number of hydrogen-bond acceptors (Lipinski definition) is 2. The van der Waals surface area contributed by atoms with Crippen LogP contribution >= 0.6 is 0 Å². The van der Waals surface area contributed by atoms with Gasteiger partial charge < -0.3 is 10.1 Å². The van der Waals surface area contributed by atoms with Crippen molar-refractivity contribution in [3.05, 3.63) is 29.3 Å². The molecular formula is C15H22F3NO. The average molecular weight is 289 g/mol. The first-order valence-corrected chi connectivity index (χ1v) is 6.92. The van der Waals surface area contributed by atoms with Crippen LogP contribution in [0.1, 0.15) is 37.3 Å². The molecule has 0 atom stereocenters. The van der Waals surface area contributed by atoms with Crippen LogP contribution in [0.3, 0.4) is 0 Å². The van der Waals surface area contributed by atoms with E-state index in [0.717, 1.165) is 24.1 Å². The molecule has 0 aliphatic heterocycles. The normalized spacial score (nSPS) is 11.7. The summed E-state index contributed by atoms with van der Waals surface area (Å²) in [6.45, 7) is 5.73. The molecule has 0 aliphatic rings. The van der Waals surface area contributed by atoms with Gasteiger partial charge in [0.2, 0.25) is 0 Å². The van der Waals surface area contributed by atoms with Gasteiger partial charge in [0, 0.05) is 18.5 Å². The molecule has 114 valence electrons. The fourth-order valence-electron chi connectivity index (χ4n) is 1.84. The van der Waals surface area contributed by atoms with Crippen molar-refractivity contribution >= 4 is 0 Å². The highest BCUT2D eigenvalue weighted by molar-refractivity contribution is 5.36. The molecule has 0 spiro atoms. The molecule has 1 aromatic carbocycles. The number of rotatable bonds is 8. The molecule has 1 rings (SSSR count). The summed E-state index contributed by atoms with van der Waals surface area (Å²) in [6, 6.07) is 5.73. The first-order valence-electron chi connectivity index (χ1n) is 6.92. The van der Waals surface area contributed by atoms with Crippen molar-refractivity contribution in [3.63, 3.8) is 0 Å². The van der Waals surface area contributed by atoms with Crippen LogP contribution in [0.25, 0.3) is 0 Å². The third-order valence-corrected chi connectivity index (χ3v) is 2.82. The Labute approximate surface area is 118 Å². The van der Waals surface area contributed by atoms with Crippen LogP contribution in [0, 0.1) is 6.92 Å². The summed E-state index contributed by atoms with van der Waals surface area (Å²) in [5.41, 5.74) is 2.10. The minimum atomic E-state index is -4.11. The lowest BCUT2D eigenvalue weighted by molar-refractivity contribution is -0.136. The van der Waals surface area contributed by atoms with E-state index in [2.05, 4.69) is 12.2 Å². The first kappa shape index (κ1) is 16.8. The molecule has 20 heavy (non-hydrogen) atoms. The maximum absolute atomic E-state index is 12.1. The van der Waals surface area contributed by atoms with Gasteiger partial charge in [0.1, 0.15) is 5.75 Å². The largest absolute Gasteiger partial charge is 0.493 e. The number of hydrogen-bond donors (Lipinski definition) is 1. The molecule has 0 radical (unpaired) electrons. The molecule has 0 aromatic heterocycles. The standard InChI is InChI=1S/C15H22F3NO/c1-3-8-19-11-13-10-12(2)5-6-14(13)20-9-4-7-15(16,17)18/h5-6,10,19H,3-4,7-9,11H2,1-2H3. The van der Waals surface area contributed by atoms with Crippen LogP contribution in [-0.4, -0.2) is 19.3 Å². The summed E-state index contributed by atoms with van der Waals surface area (Å²) in [7, 11) is 0. The van der Waals surface area contributed by atoms with Gasteiger partial charge in [-0.15, -0.1) is 0 Å². The SMILES string of the molecule is CCCNCc1cc(C)ccc1OCCCC(F)(F)F. The Kier molecular flexibility index (Phi) is 6.85. The van der Waals surface area contributed by atoms with E-state index in [9.17, 15) is 13.2 Å². The van der Waals surface area contributed by atoms with Crippen LogP contribution in [0.4, 0.5) is 13.2 Å². The molecule has 1 N–H and O–H groups in total. The quantitative estimate of drug-likeness (QED) is 0.724. The highest BCUT2D eigenvalue weighted by Crippen LogP contribution is 2.23. The lowest BCUT2D eigenvalue weighted by Gasteiger charge is -2.13. The van der Waals surface area contributed by atoms with E-state index in [4.69, 9.17) is 4.74 Å². The minimum Gasteiger partial charge on any atom is -0.493 e. The Balaban J connectivity index is 2.51. The summed E-state index contributed by atoms with van der Waals surface area (Å²) in [5.74, 6) is 0.668. The highest BCUT2D eigenvalue weighted by Gasteiger charge is 2.26. The summed E-state index contributed by atoms with van der Waals surface area (Å²) in [4.78, 5) is 0. The van der Waals surface area contributed by atoms with Gasteiger partial charge in [-0.2, -0.15) is 13.2 Å². The average Bonchev–Trinajstić information content (AvgIpc) is 2.36. The van der Waals surface area contributed by atoms with Crippen molar-refractivity contribution < 1.29 is 17.9 Å². The van der Waals surface area contributed by atoms with Crippen LogP contribution in [0.15, 0.2) is 18.2 Å². The predicted molar refractivity (Wildman–Crippen MR) is 74.0 cm³/mol. The summed E-state index contributed by atoms with van der Waals surface area (Å²) in [5, 5.41) is 3.27. The summed E-state index contributed by atoms with van der Waals surface area (Å²) in [6.07, 6.45) is -3.89. The van der Waals surface area contributed by atoms with Crippen molar-refractivity contribution in [2.45, 2.75) is 45.8 Å². The molecule has 0 fully saturated rings. The van der Waals surface area contributed by atoms with E-state index in [0.29, 0.717) is 12.3 Å². The summed E-state index contributed by atoms with van der Waals surface area (Å²) < 4.78 is 41.6. The lowest BCUT2D eigenvalue weighted by atomic mass is 10.1. The second kappa shape index (κ2) is 8.15. The molecule has 0 bridgehead atoms. The Morgan fingerprint density at radius 3 is 2.65 bits per heavy atom. The van der Waals surface area contributed by atoms with Crippen molar-refractivity contribution in [2.24, 2.45) is 0 Å². The van der Waals surface area contributed by atoms with Gasteiger partial charge in [-0.25, -0.2) is 0 Å². The Bertz CT molecular complexity index is 405. The van der Waals surface area contributed by atoms with Crippen molar-refractivity contribution in [3.8, 4) is 5.75 Å². The minimum absolute atomic E-state index is 0.0147. The Hall–Kier alpha value is -1.23. The molecule has 0 aliphatic carbocycles. The van der Waals surface area contributed by atoms with Crippen LogP contribution in [0.5, 0.6) is 5.75 Å². The third-order valence-electron chi connectivity index (χ3n) is 2.82. The van der Waals surface area contributed by atoms with Gasteiger partial charge in [-0.05, 0) is 32.4 Å². The third kappa shape index (κ3) is 6.80. The zero-order valence-corrected chi connectivity index (χ0v) is 12.0. The van der Waals surface area contributed by atoms with E-state index < -0.39 is 12.6 Å². The van der Waals surface area contributed by atoms with Gasteiger partial charge in [0.05, 0.1) is 6.61 Å². The Morgan fingerprint density at radius 1 is 1.25 bits per heavy atom. The fraction of sp³-hybridized carbons (Fsp3) is 0.600. The number of halogens is 3. The highest BCUT2D eigenvalue weighted by atomic mass is 19.4. The van der Waals surface area contributed by atoms with Crippen molar-refractivity contribution in [1.82, 2.24) is 5.32 Å². The van der Waals surface area contributed by atoms with E-state index in [-0.39, 0.29) is 13.0 Å². The van der Waals surface area contributed by atoms with Crippen molar-refractivity contribution in [2.75, 3.05) is 13.2 Å². The number of benzene rings is 1. The van der Waals surface area contributed by atoms with Gasteiger partial charge in [-0.3, -0.25) is 0 Å². The zero-order chi connectivity index (χ0) is 15.0. The molecule has 0 saturated carbocycles. The maximum Gasteiger partial charge on any atom is 0.389 e. The van der Waals surface area contributed by atoms with Gasteiger partial charge in [0.15, 0.2) is 0 Å². The van der Waals surface area contributed by atoms with Crippen molar-refractivity contribution in [1.29, 1.82) is 0 Å². The zero-order valence-electron chi connectivity index (χ0n) is 12.0. The second-order valence-corrected chi connectivity index (χ2v) is 4.86. The predicted octanol–water partition coefficient (Wildman–Crippen LogP) is 4.22. The number of nitrogens with one attached hydrogen (secondary N) is 1. The van der Waals surface area contributed by atoms with E-state index in [1.807, 2.05) is 25.1 Å². The maximum atomic E-state index is 12.1. The Morgan fingerprint density at radius 2 is 2.00 bits per heavy atom. The molecule has 2 nitrogen and oxygen atoms in total. The molecule has 5 heteroatoms. The summed E-state index contributed by atoms with van der Waals surface area (Å²) >= 11 is 0. The fourth-order valence-corrected chi connectivity index (χ4v) is 1.84. The van der Waals surface area contributed by atoms with E-state index in [1.165, 1.54) is 0 Å². The van der Waals surface area contributed by atoms with Crippen LogP contribution < -0.4 is 10.1 Å². The smallest absolute Gasteiger partial charge is 0.389 e. The molecule has 0 heterocycles. The number of alkyl halides is 3. The monoisotopic (exact) mass is 289 g/mol. The number of aryl methyl sites for hydroxylation is 1. The molecule has 1 aromatic rings. The van der Waals surface area contributed by atoms with E-state index >= 15 is 0 Å². The lowest BCUT2D eigenvalue weighted by Crippen LogP contribution is -2.15.